The number of anilines is 1. The molecule has 0 saturated carbocycles. The molecule has 0 aliphatic carbocycles. The Balaban J connectivity index is 1.62. The van der Waals surface area contributed by atoms with Crippen LogP contribution in [0, 0.1) is 13.8 Å². The molecule has 0 unspecified atom stereocenters. The number of H-pyrrole nitrogens is 1. The Morgan fingerprint density at radius 1 is 1.15 bits per heavy atom. The van der Waals surface area contributed by atoms with Crippen LogP contribution in [-0.4, -0.2) is 28.4 Å². The number of rotatable bonds is 2. The number of hydrogen-bond donors (Lipinski definition) is 3. The number of benzene rings is 2. The third-order valence-electron chi connectivity index (χ3n) is 4.37. The first-order valence-corrected chi connectivity index (χ1v) is 8.87. The van der Waals surface area contributed by atoms with Crippen LogP contribution < -0.4 is 14.8 Å². The lowest BCUT2D eigenvalue weighted by atomic mass is 10.1. The molecule has 7 nitrogen and oxygen atoms in total. The molecule has 0 bridgehead atoms. The Labute approximate surface area is 161 Å². The zero-order valence-electron chi connectivity index (χ0n) is 14.9. The fraction of sp³-hybridized carbons (Fsp3) is 0.211. The Bertz CT molecular complexity index is 1050. The fourth-order valence-electron chi connectivity index (χ4n) is 3.04. The van der Waals surface area contributed by atoms with Crippen LogP contribution in [0.1, 0.15) is 11.1 Å². The highest BCUT2D eigenvalue weighted by Gasteiger charge is 2.18. The van der Waals surface area contributed by atoms with Gasteiger partial charge in [0.15, 0.2) is 17.2 Å². The van der Waals surface area contributed by atoms with Gasteiger partial charge in [-0.15, -0.1) is 10.2 Å². The molecule has 2 heterocycles. The van der Waals surface area contributed by atoms with Crippen LogP contribution in [0.4, 0.5) is 11.4 Å². The lowest BCUT2D eigenvalue weighted by Gasteiger charge is -2.18. The van der Waals surface area contributed by atoms with Crippen LogP contribution in [-0.2, 0) is 0 Å². The number of thiocarbonyl (C=S) groups is 1. The van der Waals surface area contributed by atoms with Gasteiger partial charge < -0.3 is 24.9 Å². The minimum Gasteiger partial charge on any atom is -0.493 e. The lowest BCUT2D eigenvalue weighted by Crippen LogP contribution is -2.15. The summed E-state index contributed by atoms with van der Waals surface area (Å²) in [6.45, 7) is 4.96. The SMILES string of the molecule is Cc1cccc(C)c1NC(=S)N=Nc1c(O)[nH]c2cc3c(cc12)OCCO3. The number of aromatic nitrogens is 1. The van der Waals surface area contributed by atoms with Crippen LogP contribution in [0.15, 0.2) is 40.6 Å². The van der Waals surface area contributed by atoms with Crippen LogP contribution in [0.2, 0.25) is 0 Å². The summed E-state index contributed by atoms with van der Waals surface area (Å²) in [7, 11) is 0. The van der Waals surface area contributed by atoms with Crippen molar-refractivity contribution in [2.45, 2.75) is 13.8 Å². The molecule has 1 aromatic heterocycles. The summed E-state index contributed by atoms with van der Waals surface area (Å²) >= 11 is 5.28. The number of aromatic amines is 1. The van der Waals surface area contributed by atoms with Crippen molar-refractivity contribution in [2.75, 3.05) is 18.5 Å². The molecule has 0 fully saturated rings. The molecule has 27 heavy (non-hydrogen) atoms. The van der Waals surface area contributed by atoms with Gasteiger partial charge in [-0.3, -0.25) is 0 Å². The Hall–Kier alpha value is -3.13. The first-order valence-electron chi connectivity index (χ1n) is 8.46. The number of para-hydroxylation sites is 1. The average molecular weight is 382 g/mol. The van der Waals surface area contributed by atoms with E-state index >= 15 is 0 Å². The molecule has 2 aromatic carbocycles. The number of nitrogens with one attached hydrogen (secondary N) is 2. The Morgan fingerprint density at radius 2 is 1.81 bits per heavy atom. The second kappa shape index (κ2) is 6.88. The Kier molecular flexibility index (Phi) is 4.41. The number of fused-ring (bicyclic) bond motifs is 2. The van der Waals surface area contributed by atoms with E-state index in [2.05, 4.69) is 20.5 Å². The topological polar surface area (TPSA) is 91.2 Å². The molecule has 3 N–H and O–H groups in total. The first-order chi connectivity index (χ1) is 13.0. The minimum atomic E-state index is -0.0917. The molecule has 0 saturated heterocycles. The van der Waals surface area contributed by atoms with E-state index in [4.69, 9.17) is 21.7 Å². The lowest BCUT2D eigenvalue weighted by molar-refractivity contribution is 0.172. The van der Waals surface area contributed by atoms with Gasteiger partial charge in [0.25, 0.3) is 0 Å². The average Bonchev–Trinajstić information content (AvgIpc) is 2.95. The summed E-state index contributed by atoms with van der Waals surface area (Å²) in [6.07, 6.45) is 0. The van der Waals surface area contributed by atoms with Gasteiger partial charge in [0.05, 0.1) is 5.52 Å². The predicted octanol–water partition coefficient (Wildman–Crippen LogP) is 4.74. The number of aryl methyl sites for hydroxylation is 2. The predicted molar refractivity (Wildman–Crippen MR) is 108 cm³/mol. The van der Waals surface area contributed by atoms with Gasteiger partial charge in [0.1, 0.15) is 13.2 Å². The summed E-state index contributed by atoms with van der Waals surface area (Å²) in [4.78, 5) is 2.87. The number of aromatic hydroxyl groups is 1. The normalized spacial score (nSPS) is 13.3. The van der Waals surface area contributed by atoms with Gasteiger partial charge in [0.2, 0.25) is 11.0 Å². The molecule has 0 spiro atoms. The summed E-state index contributed by atoms with van der Waals surface area (Å²) in [5, 5.41) is 22.4. The van der Waals surface area contributed by atoms with E-state index in [0.29, 0.717) is 41.3 Å². The van der Waals surface area contributed by atoms with E-state index in [9.17, 15) is 5.11 Å². The zero-order chi connectivity index (χ0) is 19.0. The standard InChI is InChI=1S/C19H18N4O3S/c1-10-4-3-5-11(2)16(10)21-19(27)23-22-17-12-8-14-15(26-7-6-25-14)9-13(12)20-18(17)24/h3-5,8-9,20,24H,6-7H2,1-2H3,(H,21,27). The van der Waals surface area contributed by atoms with E-state index in [-0.39, 0.29) is 11.0 Å². The molecule has 1 aliphatic heterocycles. The molecule has 4 rings (SSSR count). The molecule has 0 amide bonds. The van der Waals surface area contributed by atoms with Crippen molar-refractivity contribution in [3.63, 3.8) is 0 Å². The highest BCUT2D eigenvalue weighted by atomic mass is 32.1. The quantitative estimate of drug-likeness (QED) is 0.440. The number of ether oxygens (including phenoxy) is 2. The highest BCUT2D eigenvalue weighted by molar-refractivity contribution is 7.80. The minimum absolute atomic E-state index is 0.0917. The second-order valence-electron chi connectivity index (χ2n) is 6.26. The maximum atomic E-state index is 10.2. The van der Waals surface area contributed by atoms with Crippen molar-refractivity contribution in [1.82, 2.24) is 4.98 Å². The van der Waals surface area contributed by atoms with Crippen molar-refractivity contribution in [2.24, 2.45) is 10.2 Å². The number of hydrogen-bond acceptors (Lipinski definition) is 5. The van der Waals surface area contributed by atoms with E-state index in [1.165, 1.54) is 0 Å². The molecule has 8 heteroatoms. The van der Waals surface area contributed by atoms with Gasteiger partial charge in [-0.2, -0.15) is 0 Å². The molecular weight excluding hydrogens is 364 g/mol. The molecule has 0 radical (unpaired) electrons. The van der Waals surface area contributed by atoms with Crippen molar-refractivity contribution in [3.8, 4) is 17.4 Å². The van der Waals surface area contributed by atoms with E-state index < -0.39 is 0 Å². The molecule has 0 atom stereocenters. The van der Waals surface area contributed by atoms with Crippen molar-refractivity contribution in [1.29, 1.82) is 0 Å². The third-order valence-corrected chi connectivity index (χ3v) is 4.55. The van der Waals surface area contributed by atoms with Gasteiger partial charge in [-0.25, -0.2) is 0 Å². The third kappa shape index (κ3) is 3.31. The molecule has 1 aliphatic rings. The smallest absolute Gasteiger partial charge is 0.218 e. The highest BCUT2D eigenvalue weighted by Crippen LogP contribution is 2.42. The fourth-order valence-corrected chi connectivity index (χ4v) is 3.19. The first kappa shape index (κ1) is 17.3. The summed E-state index contributed by atoms with van der Waals surface area (Å²) in [6, 6.07) is 9.51. The van der Waals surface area contributed by atoms with Gasteiger partial charge in [-0.05, 0) is 43.3 Å². The van der Waals surface area contributed by atoms with E-state index in [1.807, 2.05) is 32.0 Å². The van der Waals surface area contributed by atoms with E-state index in [0.717, 1.165) is 16.8 Å². The summed E-state index contributed by atoms with van der Waals surface area (Å²) in [5.74, 6) is 1.15. The van der Waals surface area contributed by atoms with E-state index in [1.54, 1.807) is 12.1 Å². The van der Waals surface area contributed by atoms with Crippen molar-refractivity contribution in [3.05, 3.63) is 41.5 Å². The number of azo groups is 1. The molecule has 3 aromatic rings. The second-order valence-corrected chi connectivity index (χ2v) is 6.65. The molecule has 138 valence electrons. The van der Waals surface area contributed by atoms with Gasteiger partial charge in [-0.1, -0.05) is 18.2 Å². The number of nitrogens with zero attached hydrogens (tertiary/aromatic N) is 2. The summed E-state index contributed by atoms with van der Waals surface area (Å²) < 4.78 is 11.2. The van der Waals surface area contributed by atoms with Crippen LogP contribution in [0.25, 0.3) is 10.9 Å². The van der Waals surface area contributed by atoms with Crippen molar-refractivity contribution >= 4 is 39.6 Å². The molecular formula is C19H18N4O3S. The monoisotopic (exact) mass is 382 g/mol. The summed E-state index contributed by atoms with van der Waals surface area (Å²) in [5.41, 5.74) is 4.01. The van der Waals surface area contributed by atoms with Crippen molar-refractivity contribution < 1.29 is 14.6 Å². The van der Waals surface area contributed by atoms with Crippen LogP contribution in [0.5, 0.6) is 17.4 Å². The van der Waals surface area contributed by atoms with Crippen LogP contribution in [0.3, 0.4) is 0 Å². The van der Waals surface area contributed by atoms with Gasteiger partial charge >= 0.3 is 0 Å². The Morgan fingerprint density at radius 3 is 2.52 bits per heavy atom. The van der Waals surface area contributed by atoms with Crippen LogP contribution >= 0.6 is 12.2 Å². The largest absolute Gasteiger partial charge is 0.493 e. The zero-order valence-corrected chi connectivity index (χ0v) is 15.7. The van der Waals surface area contributed by atoms with Gasteiger partial charge in [0, 0.05) is 17.1 Å². The maximum Gasteiger partial charge on any atom is 0.218 e. The maximum absolute atomic E-state index is 10.2.